The van der Waals surface area contributed by atoms with Crippen molar-refractivity contribution in [2.75, 3.05) is 12.4 Å². The SMILES string of the molecule is COc1cc(CNc2ccc3nc(C)[nH]c3c2)ccc1O. The number of benzene rings is 2. The number of anilines is 1. The Hall–Kier alpha value is -2.69. The molecule has 3 N–H and O–H groups in total. The molecule has 0 aliphatic heterocycles. The summed E-state index contributed by atoms with van der Waals surface area (Å²) in [5.74, 6) is 1.54. The van der Waals surface area contributed by atoms with Crippen molar-refractivity contribution >= 4 is 16.7 Å². The topological polar surface area (TPSA) is 70.2 Å². The second-order valence-electron chi connectivity index (χ2n) is 4.91. The Balaban J connectivity index is 1.76. The Morgan fingerprint density at radius 2 is 2.10 bits per heavy atom. The molecule has 0 aliphatic rings. The van der Waals surface area contributed by atoms with Crippen LogP contribution in [0.4, 0.5) is 5.69 Å². The standard InChI is InChI=1S/C16H17N3O2/c1-10-18-13-5-4-12(8-14(13)19-10)17-9-11-3-6-15(20)16(7-11)21-2/h3-8,17,20H,9H2,1-2H3,(H,18,19). The predicted molar refractivity (Wildman–Crippen MR) is 82.8 cm³/mol. The molecule has 0 radical (unpaired) electrons. The largest absolute Gasteiger partial charge is 0.504 e. The average Bonchev–Trinajstić information content (AvgIpc) is 2.85. The van der Waals surface area contributed by atoms with Crippen LogP contribution in [0.3, 0.4) is 0 Å². The van der Waals surface area contributed by atoms with Crippen LogP contribution in [0.5, 0.6) is 11.5 Å². The molecular formula is C16H17N3O2. The molecule has 0 saturated carbocycles. The summed E-state index contributed by atoms with van der Waals surface area (Å²) in [6.07, 6.45) is 0. The van der Waals surface area contributed by atoms with Crippen molar-refractivity contribution in [3.8, 4) is 11.5 Å². The molecule has 0 fully saturated rings. The van der Waals surface area contributed by atoms with Crippen molar-refractivity contribution < 1.29 is 9.84 Å². The molecule has 0 atom stereocenters. The monoisotopic (exact) mass is 283 g/mol. The molecule has 21 heavy (non-hydrogen) atoms. The summed E-state index contributed by atoms with van der Waals surface area (Å²) in [5.41, 5.74) is 4.02. The number of rotatable bonds is 4. The number of phenols is 1. The molecule has 3 aromatic rings. The van der Waals surface area contributed by atoms with E-state index in [0.717, 1.165) is 28.1 Å². The van der Waals surface area contributed by atoms with Crippen LogP contribution in [0.1, 0.15) is 11.4 Å². The minimum Gasteiger partial charge on any atom is -0.504 e. The summed E-state index contributed by atoms with van der Waals surface area (Å²) in [5, 5.41) is 12.9. The Morgan fingerprint density at radius 1 is 1.24 bits per heavy atom. The molecular weight excluding hydrogens is 266 g/mol. The van der Waals surface area contributed by atoms with Gasteiger partial charge in [-0.15, -0.1) is 0 Å². The number of imidazole rings is 1. The Morgan fingerprint density at radius 3 is 2.90 bits per heavy atom. The highest BCUT2D eigenvalue weighted by molar-refractivity contribution is 5.79. The van der Waals surface area contributed by atoms with Crippen molar-refractivity contribution in [3.05, 3.63) is 47.8 Å². The van der Waals surface area contributed by atoms with Gasteiger partial charge in [-0.2, -0.15) is 0 Å². The van der Waals surface area contributed by atoms with E-state index in [0.29, 0.717) is 12.3 Å². The molecule has 3 rings (SSSR count). The Labute approximate surface area is 122 Å². The number of aromatic amines is 1. The van der Waals surface area contributed by atoms with Crippen LogP contribution in [-0.4, -0.2) is 22.2 Å². The molecule has 2 aromatic carbocycles. The van der Waals surface area contributed by atoms with Gasteiger partial charge in [0, 0.05) is 12.2 Å². The number of aryl methyl sites for hydroxylation is 1. The summed E-state index contributed by atoms with van der Waals surface area (Å²) < 4.78 is 5.11. The van der Waals surface area contributed by atoms with Gasteiger partial charge in [-0.3, -0.25) is 0 Å². The van der Waals surface area contributed by atoms with Crippen LogP contribution in [-0.2, 0) is 6.54 Å². The van der Waals surface area contributed by atoms with Crippen LogP contribution >= 0.6 is 0 Å². The van der Waals surface area contributed by atoms with E-state index in [1.807, 2.05) is 37.3 Å². The van der Waals surface area contributed by atoms with E-state index >= 15 is 0 Å². The smallest absolute Gasteiger partial charge is 0.160 e. The molecule has 0 bridgehead atoms. The zero-order valence-electron chi connectivity index (χ0n) is 12.0. The number of hydrogen-bond acceptors (Lipinski definition) is 4. The zero-order chi connectivity index (χ0) is 14.8. The normalized spacial score (nSPS) is 10.8. The number of aromatic nitrogens is 2. The van der Waals surface area contributed by atoms with E-state index in [-0.39, 0.29) is 5.75 Å². The summed E-state index contributed by atoms with van der Waals surface area (Å²) in [6, 6.07) is 11.3. The van der Waals surface area contributed by atoms with Crippen molar-refractivity contribution in [2.45, 2.75) is 13.5 Å². The Bertz CT molecular complexity index is 780. The van der Waals surface area contributed by atoms with Gasteiger partial charge in [-0.1, -0.05) is 6.07 Å². The predicted octanol–water partition coefficient (Wildman–Crippen LogP) is 3.20. The first-order valence-corrected chi connectivity index (χ1v) is 6.72. The number of phenolic OH excluding ortho intramolecular Hbond substituents is 1. The third kappa shape index (κ3) is 2.76. The van der Waals surface area contributed by atoms with E-state index in [9.17, 15) is 5.11 Å². The van der Waals surface area contributed by atoms with Gasteiger partial charge in [0.1, 0.15) is 5.82 Å². The second-order valence-corrected chi connectivity index (χ2v) is 4.91. The number of nitrogens with one attached hydrogen (secondary N) is 2. The van der Waals surface area contributed by atoms with Gasteiger partial charge < -0.3 is 20.1 Å². The number of hydrogen-bond donors (Lipinski definition) is 3. The molecule has 0 spiro atoms. The van der Waals surface area contributed by atoms with E-state index in [1.165, 1.54) is 0 Å². The number of methoxy groups -OCH3 is 1. The minimum atomic E-state index is 0.149. The van der Waals surface area contributed by atoms with Crippen LogP contribution < -0.4 is 10.1 Å². The van der Waals surface area contributed by atoms with Gasteiger partial charge in [0.25, 0.3) is 0 Å². The zero-order valence-corrected chi connectivity index (χ0v) is 12.0. The molecule has 108 valence electrons. The Kier molecular flexibility index (Phi) is 3.39. The summed E-state index contributed by atoms with van der Waals surface area (Å²) in [4.78, 5) is 7.60. The maximum Gasteiger partial charge on any atom is 0.160 e. The lowest BCUT2D eigenvalue weighted by Gasteiger charge is -2.09. The lowest BCUT2D eigenvalue weighted by atomic mass is 10.2. The fourth-order valence-corrected chi connectivity index (χ4v) is 2.28. The van der Waals surface area contributed by atoms with Crippen molar-refractivity contribution in [1.82, 2.24) is 9.97 Å². The molecule has 0 aliphatic carbocycles. The molecule has 5 heteroatoms. The summed E-state index contributed by atoms with van der Waals surface area (Å²) >= 11 is 0. The molecule has 0 amide bonds. The number of nitrogens with zero attached hydrogens (tertiary/aromatic N) is 1. The maximum absolute atomic E-state index is 9.58. The number of ether oxygens (including phenoxy) is 1. The lowest BCUT2D eigenvalue weighted by molar-refractivity contribution is 0.373. The number of fused-ring (bicyclic) bond motifs is 1. The molecule has 0 unspecified atom stereocenters. The first-order chi connectivity index (χ1) is 10.2. The highest BCUT2D eigenvalue weighted by atomic mass is 16.5. The van der Waals surface area contributed by atoms with E-state index in [4.69, 9.17) is 4.74 Å². The summed E-state index contributed by atoms with van der Waals surface area (Å²) in [6.45, 7) is 2.59. The van der Waals surface area contributed by atoms with Gasteiger partial charge in [0.05, 0.1) is 18.1 Å². The highest BCUT2D eigenvalue weighted by Gasteiger charge is 2.04. The highest BCUT2D eigenvalue weighted by Crippen LogP contribution is 2.26. The first-order valence-electron chi connectivity index (χ1n) is 6.72. The van der Waals surface area contributed by atoms with Gasteiger partial charge in [-0.25, -0.2) is 4.98 Å². The molecule has 0 saturated heterocycles. The third-order valence-corrected chi connectivity index (χ3v) is 3.34. The second kappa shape index (κ2) is 5.36. The van der Waals surface area contributed by atoms with Gasteiger partial charge in [0.2, 0.25) is 0 Å². The van der Waals surface area contributed by atoms with Crippen molar-refractivity contribution in [3.63, 3.8) is 0 Å². The first kappa shape index (κ1) is 13.3. The van der Waals surface area contributed by atoms with Crippen LogP contribution in [0.2, 0.25) is 0 Å². The van der Waals surface area contributed by atoms with Crippen molar-refractivity contribution in [1.29, 1.82) is 0 Å². The van der Waals surface area contributed by atoms with Crippen LogP contribution in [0.15, 0.2) is 36.4 Å². The average molecular weight is 283 g/mol. The summed E-state index contributed by atoms with van der Waals surface area (Å²) in [7, 11) is 1.54. The lowest BCUT2D eigenvalue weighted by Crippen LogP contribution is -1.99. The number of H-pyrrole nitrogens is 1. The quantitative estimate of drug-likeness (QED) is 0.687. The van der Waals surface area contributed by atoms with E-state index in [2.05, 4.69) is 15.3 Å². The van der Waals surface area contributed by atoms with Crippen molar-refractivity contribution in [2.24, 2.45) is 0 Å². The molecule has 5 nitrogen and oxygen atoms in total. The van der Waals surface area contributed by atoms with E-state index < -0.39 is 0 Å². The fraction of sp³-hybridized carbons (Fsp3) is 0.188. The van der Waals surface area contributed by atoms with Gasteiger partial charge >= 0.3 is 0 Å². The van der Waals surface area contributed by atoms with Gasteiger partial charge in [0.15, 0.2) is 11.5 Å². The minimum absolute atomic E-state index is 0.149. The maximum atomic E-state index is 9.58. The number of aromatic hydroxyl groups is 1. The fourth-order valence-electron chi connectivity index (χ4n) is 2.28. The van der Waals surface area contributed by atoms with Crippen LogP contribution in [0.25, 0.3) is 11.0 Å². The van der Waals surface area contributed by atoms with E-state index in [1.54, 1.807) is 13.2 Å². The molecule has 1 aromatic heterocycles. The third-order valence-electron chi connectivity index (χ3n) is 3.34. The molecule has 1 heterocycles. The van der Waals surface area contributed by atoms with Crippen LogP contribution in [0, 0.1) is 6.92 Å². The van der Waals surface area contributed by atoms with Gasteiger partial charge in [-0.05, 0) is 42.8 Å².